The van der Waals surface area contributed by atoms with Gasteiger partial charge in [-0.05, 0) is 53.5 Å². The van der Waals surface area contributed by atoms with Crippen LogP contribution >= 0.6 is 12.2 Å². The minimum absolute atomic E-state index is 0.111. The van der Waals surface area contributed by atoms with Crippen molar-refractivity contribution in [1.29, 1.82) is 0 Å². The lowest BCUT2D eigenvalue weighted by molar-refractivity contribution is -0.114. The van der Waals surface area contributed by atoms with Gasteiger partial charge in [-0.15, -0.1) is 0 Å². The van der Waals surface area contributed by atoms with Crippen LogP contribution in [-0.4, -0.2) is 27.0 Å². The van der Waals surface area contributed by atoms with Gasteiger partial charge < -0.3 is 10.1 Å². The molecule has 2 aromatic carbocycles. The van der Waals surface area contributed by atoms with E-state index in [1.54, 1.807) is 6.21 Å². The summed E-state index contributed by atoms with van der Waals surface area (Å²) in [7, 11) is 0. The molecule has 150 valence electrons. The van der Waals surface area contributed by atoms with E-state index >= 15 is 0 Å². The summed E-state index contributed by atoms with van der Waals surface area (Å²) in [5.74, 6) is 1.68. The van der Waals surface area contributed by atoms with Gasteiger partial charge in [-0.2, -0.15) is 14.9 Å². The molecule has 0 fully saturated rings. The van der Waals surface area contributed by atoms with Gasteiger partial charge in [0.05, 0.1) is 6.21 Å². The van der Waals surface area contributed by atoms with Crippen LogP contribution in [0.1, 0.15) is 43.6 Å². The topological polar surface area (TPSA) is 84.3 Å². The van der Waals surface area contributed by atoms with Crippen molar-refractivity contribution in [2.75, 3.05) is 5.32 Å². The van der Waals surface area contributed by atoms with Crippen molar-refractivity contribution in [3.05, 3.63) is 70.3 Å². The van der Waals surface area contributed by atoms with Gasteiger partial charge in [-0.1, -0.05) is 38.1 Å². The van der Waals surface area contributed by atoms with E-state index in [1.165, 1.54) is 17.2 Å². The first-order valence-electron chi connectivity index (χ1n) is 9.23. The highest BCUT2D eigenvalue weighted by atomic mass is 32.1. The fourth-order valence-corrected chi connectivity index (χ4v) is 2.81. The fraction of sp³-hybridized carbons (Fsp3) is 0.238. The van der Waals surface area contributed by atoms with E-state index in [-0.39, 0.29) is 12.5 Å². The van der Waals surface area contributed by atoms with Crippen LogP contribution in [-0.2, 0) is 11.4 Å². The molecule has 0 unspecified atom stereocenters. The Hall–Kier alpha value is -3.26. The molecule has 0 saturated carbocycles. The predicted octanol–water partition coefficient (Wildman–Crippen LogP) is 4.48. The minimum Gasteiger partial charge on any atom is -0.486 e. The van der Waals surface area contributed by atoms with Gasteiger partial charge in [0.2, 0.25) is 10.7 Å². The number of anilines is 1. The zero-order chi connectivity index (χ0) is 20.8. The average Bonchev–Trinajstić information content (AvgIpc) is 3.05. The van der Waals surface area contributed by atoms with Gasteiger partial charge in [0, 0.05) is 12.6 Å². The molecule has 0 saturated heterocycles. The summed E-state index contributed by atoms with van der Waals surface area (Å²) in [5.41, 5.74) is 2.85. The lowest BCUT2D eigenvalue weighted by Gasteiger charge is -2.08. The minimum atomic E-state index is -0.111. The highest BCUT2D eigenvalue weighted by Gasteiger charge is 2.07. The molecule has 0 aliphatic carbocycles. The van der Waals surface area contributed by atoms with Crippen LogP contribution in [0.25, 0.3) is 0 Å². The molecule has 1 amide bonds. The van der Waals surface area contributed by atoms with Crippen LogP contribution < -0.4 is 10.1 Å². The second kappa shape index (κ2) is 9.29. The number of carbonyl (C=O) groups excluding carboxylic acids is 1. The van der Waals surface area contributed by atoms with E-state index in [1.807, 2.05) is 36.4 Å². The van der Waals surface area contributed by atoms with Gasteiger partial charge in [-0.3, -0.25) is 4.79 Å². The second-order valence-electron chi connectivity index (χ2n) is 6.82. The Kier molecular flexibility index (Phi) is 6.56. The van der Waals surface area contributed by atoms with Crippen molar-refractivity contribution in [2.24, 2.45) is 5.10 Å². The van der Waals surface area contributed by atoms with Gasteiger partial charge in [0.1, 0.15) is 12.4 Å². The molecule has 0 atom stereocenters. The number of ether oxygens (including phenoxy) is 1. The fourth-order valence-electron chi connectivity index (χ4n) is 2.61. The summed E-state index contributed by atoms with van der Waals surface area (Å²) in [6, 6.07) is 15.3. The number of hydrogen-bond donors (Lipinski definition) is 2. The summed E-state index contributed by atoms with van der Waals surface area (Å²) in [6.45, 7) is 6.00. The van der Waals surface area contributed by atoms with E-state index < -0.39 is 0 Å². The van der Waals surface area contributed by atoms with Crippen LogP contribution in [0.15, 0.2) is 53.6 Å². The summed E-state index contributed by atoms with van der Waals surface area (Å²) < 4.78 is 7.73. The Labute approximate surface area is 174 Å². The van der Waals surface area contributed by atoms with Crippen LogP contribution in [0.4, 0.5) is 5.69 Å². The Balaban J connectivity index is 1.68. The normalized spacial score (nSPS) is 11.2. The first-order valence-corrected chi connectivity index (χ1v) is 9.64. The Morgan fingerprint density at radius 3 is 2.55 bits per heavy atom. The molecule has 1 heterocycles. The molecule has 3 aromatic rings. The zero-order valence-corrected chi connectivity index (χ0v) is 17.4. The molecule has 7 nitrogen and oxygen atoms in total. The van der Waals surface area contributed by atoms with Crippen molar-refractivity contribution in [2.45, 2.75) is 33.3 Å². The number of amides is 1. The van der Waals surface area contributed by atoms with Crippen molar-refractivity contribution >= 4 is 30.0 Å². The lowest BCUT2D eigenvalue weighted by atomic mass is 10.0. The second-order valence-corrected chi connectivity index (χ2v) is 7.20. The van der Waals surface area contributed by atoms with E-state index in [0.717, 1.165) is 17.0 Å². The third-order valence-corrected chi connectivity index (χ3v) is 4.45. The van der Waals surface area contributed by atoms with Crippen LogP contribution in [0, 0.1) is 4.77 Å². The Morgan fingerprint density at radius 2 is 1.93 bits per heavy atom. The smallest absolute Gasteiger partial charge is 0.221 e. The highest BCUT2D eigenvalue weighted by Crippen LogP contribution is 2.19. The summed E-state index contributed by atoms with van der Waals surface area (Å²) in [6.07, 6.45) is 1.67. The number of rotatable bonds is 7. The third-order valence-electron chi connectivity index (χ3n) is 4.19. The van der Waals surface area contributed by atoms with Crippen molar-refractivity contribution < 1.29 is 9.53 Å². The average molecular weight is 410 g/mol. The summed E-state index contributed by atoms with van der Waals surface area (Å²) >= 11 is 5.26. The number of H-pyrrole nitrogens is 1. The monoisotopic (exact) mass is 409 g/mol. The zero-order valence-electron chi connectivity index (χ0n) is 16.5. The number of carbonyl (C=O) groups is 1. The first kappa shape index (κ1) is 20.5. The first-order chi connectivity index (χ1) is 13.9. The van der Waals surface area contributed by atoms with E-state index in [0.29, 0.717) is 16.5 Å². The molecule has 8 heteroatoms. The molecule has 3 rings (SSSR count). The number of aromatic nitrogens is 3. The van der Waals surface area contributed by atoms with Gasteiger partial charge in [-0.25, -0.2) is 5.10 Å². The SMILES string of the molecule is CC(=O)Nc1ccc(/C=N\n2c(COc3ccc(C(C)C)cc3)n[nH]c2=S)cc1. The highest BCUT2D eigenvalue weighted by molar-refractivity contribution is 7.71. The maximum absolute atomic E-state index is 11.1. The molecular formula is C21H23N5O2S. The van der Waals surface area contributed by atoms with Crippen molar-refractivity contribution in [3.63, 3.8) is 0 Å². The maximum Gasteiger partial charge on any atom is 0.221 e. The number of aromatic amines is 1. The number of nitrogens with one attached hydrogen (secondary N) is 2. The van der Waals surface area contributed by atoms with Crippen molar-refractivity contribution in [1.82, 2.24) is 14.9 Å². The molecule has 29 heavy (non-hydrogen) atoms. The van der Waals surface area contributed by atoms with Crippen LogP contribution in [0.5, 0.6) is 5.75 Å². The number of hydrogen-bond acceptors (Lipinski definition) is 5. The molecule has 0 bridgehead atoms. The van der Waals surface area contributed by atoms with Crippen LogP contribution in [0.2, 0.25) is 0 Å². The molecule has 0 spiro atoms. The quantitative estimate of drug-likeness (QED) is 0.445. The van der Waals surface area contributed by atoms with Gasteiger partial charge in [0.25, 0.3) is 0 Å². The summed E-state index contributed by atoms with van der Waals surface area (Å²) in [4.78, 5) is 11.1. The molecular weight excluding hydrogens is 386 g/mol. The van der Waals surface area contributed by atoms with E-state index in [9.17, 15) is 4.79 Å². The lowest BCUT2D eigenvalue weighted by Crippen LogP contribution is -2.05. The van der Waals surface area contributed by atoms with E-state index in [2.05, 4.69) is 46.6 Å². The molecule has 0 aliphatic heterocycles. The summed E-state index contributed by atoms with van der Waals surface area (Å²) in [5, 5.41) is 14.1. The van der Waals surface area contributed by atoms with Gasteiger partial charge >= 0.3 is 0 Å². The van der Waals surface area contributed by atoms with Gasteiger partial charge in [0.15, 0.2) is 5.82 Å². The molecule has 0 aliphatic rings. The van der Waals surface area contributed by atoms with Crippen LogP contribution in [0.3, 0.4) is 0 Å². The van der Waals surface area contributed by atoms with Crippen molar-refractivity contribution in [3.8, 4) is 5.75 Å². The predicted molar refractivity (Wildman–Crippen MR) is 116 cm³/mol. The number of nitrogens with zero attached hydrogens (tertiary/aromatic N) is 3. The molecule has 2 N–H and O–H groups in total. The standard InChI is InChI=1S/C21H23N5O2S/c1-14(2)17-6-10-19(11-7-17)28-13-20-24-25-21(29)26(20)22-12-16-4-8-18(9-5-16)23-15(3)27/h4-12,14H,13H2,1-3H3,(H,23,27)(H,25,29)/b22-12-. The Bertz CT molecular complexity index is 1050. The third kappa shape index (κ3) is 5.61. The molecule has 1 aromatic heterocycles. The number of benzene rings is 2. The molecule has 0 radical (unpaired) electrons. The largest absolute Gasteiger partial charge is 0.486 e. The maximum atomic E-state index is 11.1. The van der Waals surface area contributed by atoms with E-state index in [4.69, 9.17) is 17.0 Å². The Morgan fingerprint density at radius 1 is 1.24 bits per heavy atom.